The van der Waals surface area contributed by atoms with Crippen LogP contribution in [0.3, 0.4) is 0 Å². The average molecular weight is 399 g/mol. The maximum atomic E-state index is 13.5. The highest BCUT2D eigenvalue weighted by Gasteiger charge is 2.37. The van der Waals surface area contributed by atoms with Crippen LogP contribution in [0.15, 0.2) is 30.5 Å². The Bertz CT molecular complexity index is 868. The summed E-state index contributed by atoms with van der Waals surface area (Å²) < 4.78 is 40.5. The van der Waals surface area contributed by atoms with Crippen LogP contribution >= 0.6 is 0 Å². The number of halogens is 3. The number of piperazine rings is 1. The predicted molar refractivity (Wildman–Crippen MR) is 107 cm³/mol. The number of ketones is 1. The largest absolute Gasteiger partial charge is 0.418 e. The molecule has 2 aromatic heterocycles. The highest BCUT2D eigenvalue weighted by atomic mass is 19.4. The number of carbonyl (C=O) groups is 1. The molecular weight excluding hydrogens is 371 g/mol. The van der Waals surface area contributed by atoms with Crippen LogP contribution in [-0.4, -0.2) is 41.4 Å². The van der Waals surface area contributed by atoms with Crippen molar-refractivity contribution < 1.29 is 22.2 Å². The first kappa shape index (κ1) is 20.1. The standard InChI is InChI=1S/C19H22F3N5O.3H2/c1-2-4-12-11-27(10-9-24-12)15-7-6-14(19(20,21)22)16(26-15)17(28)13-5-3-8-25-18(13)23;;;/h3,5-8,12,24H,2,4,9-11H2,1H3,(H2,23,25);3*1H. The summed E-state index contributed by atoms with van der Waals surface area (Å²) in [5, 5.41) is 3.38. The highest BCUT2D eigenvalue weighted by molar-refractivity contribution is 6.11. The Morgan fingerprint density at radius 1 is 1.39 bits per heavy atom. The number of aromatic nitrogens is 2. The van der Waals surface area contributed by atoms with Gasteiger partial charge < -0.3 is 16.0 Å². The van der Waals surface area contributed by atoms with E-state index in [1.165, 1.54) is 24.4 Å². The number of pyridine rings is 2. The molecule has 1 fully saturated rings. The van der Waals surface area contributed by atoms with E-state index in [0.29, 0.717) is 25.5 Å². The van der Waals surface area contributed by atoms with Crippen molar-refractivity contribution in [2.75, 3.05) is 30.3 Å². The number of carbonyl (C=O) groups excluding carboxylic acids is 1. The summed E-state index contributed by atoms with van der Waals surface area (Å²) in [6, 6.07) is 5.27. The van der Waals surface area contributed by atoms with Gasteiger partial charge in [0.05, 0.1) is 11.1 Å². The van der Waals surface area contributed by atoms with Crippen molar-refractivity contribution in [2.45, 2.75) is 32.0 Å². The van der Waals surface area contributed by atoms with Crippen LogP contribution in [0.2, 0.25) is 0 Å². The normalized spacial score (nSPS) is 17.6. The molecule has 0 aromatic carbocycles. The first-order valence-electron chi connectivity index (χ1n) is 9.13. The number of hydrogen-bond donors (Lipinski definition) is 2. The van der Waals surface area contributed by atoms with Gasteiger partial charge in [-0.25, -0.2) is 9.97 Å². The molecule has 1 saturated heterocycles. The lowest BCUT2D eigenvalue weighted by Crippen LogP contribution is -2.51. The van der Waals surface area contributed by atoms with Gasteiger partial charge in [0.2, 0.25) is 5.78 Å². The van der Waals surface area contributed by atoms with Crippen molar-refractivity contribution in [1.29, 1.82) is 0 Å². The van der Waals surface area contributed by atoms with E-state index < -0.39 is 23.2 Å². The Labute approximate surface area is 165 Å². The first-order chi connectivity index (χ1) is 13.3. The fourth-order valence-corrected chi connectivity index (χ4v) is 3.34. The van der Waals surface area contributed by atoms with Crippen molar-refractivity contribution >= 4 is 17.4 Å². The van der Waals surface area contributed by atoms with Gasteiger partial charge in [0.1, 0.15) is 17.3 Å². The summed E-state index contributed by atoms with van der Waals surface area (Å²) in [6.45, 7) is 3.99. The summed E-state index contributed by atoms with van der Waals surface area (Å²) in [5.41, 5.74) is 3.86. The third-order valence-corrected chi connectivity index (χ3v) is 4.70. The number of nitrogen functional groups attached to an aromatic ring is 1. The Hall–Kier alpha value is -2.68. The lowest BCUT2D eigenvalue weighted by atomic mass is 10.0. The molecule has 156 valence electrons. The van der Waals surface area contributed by atoms with Crippen molar-refractivity contribution in [1.82, 2.24) is 15.3 Å². The molecule has 1 aliphatic rings. The minimum atomic E-state index is -4.71. The molecule has 0 spiro atoms. The smallest absolute Gasteiger partial charge is 0.383 e. The van der Waals surface area contributed by atoms with Gasteiger partial charge in [-0.2, -0.15) is 13.2 Å². The second kappa shape index (κ2) is 8.14. The third-order valence-electron chi connectivity index (χ3n) is 4.70. The van der Waals surface area contributed by atoms with E-state index in [9.17, 15) is 18.0 Å². The third kappa shape index (κ3) is 4.24. The van der Waals surface area contributed by atoms with E-state index in [4.69, 9.17) is 5.73 Å². The molecule has 3 N–H and O–H groups in total. The lowest BCUT2D eigenvalue weighted by Gasteiger charge is -2.34. The Morgan fingerprint density at radius 3 is 2.86 bits per heavy atom. The van der Waals surface area contributed by atoms with Gasteiger partial charge in [0, 0.05) is 36.2 Å². The van der Waals surface area contributed by atoms with Gasteiger partial charge in [-0.15, -0.1) is 0 Å². The Morgan fingerprint density at radius 2 is 2.18 bits per heavy atom. The van der Waals surface area contributed by atoms with Gasteiger partial charge in [-0.1, -0.05) is 13.3 Å². The molecule has 1 aliphatic heterocycles. The zero-order valence-corrected chi connectivity index (χ0v) is 15.5. The number of nitrogens with one attached hydrogen (secondary N) is 1. The number of anilines is 2. The molecule has 0 saturated carbocycles. The van der Waals surface area contributed by atoms with Gasteiger partial charge in [-0.3, -0.25) is 4.79 Å². The molecule has 1 unspecified atom stereocenters. The lowest BCUT2D eigenvalue weighted by molar-refractivity contribution is -0.138. The minimum absolute atomic E-state index is 0. The summed E-state index contributed by atoms with van der Waals surface area (Å²) in [5.74, 6) is -0.667. The van der Waals surface area contributed by atoms with E-state index >= 15 is 0 Å². The van der Waals surface area contributed by atoms with E-state index in [1.54, 1.807) is 0 Å². The molecule has 2 aromatic rings. The minimum Gasteiger partial charge on any atom is -0.383 e. The summed E-state index contributed by atoms with van der Waals surface area (Å²) in [7, 11) is 0. The molecule has 1 atom stereocenters. The Kier molecular flexibility index (Phi) is 5.83. The molecular formula is C19H28F3N5O. The quantitative estimate of drug-likeness (QED) is 0.747. The van der Waals surface area contributed by atoms with E-state index in [1.807, 2.05) is 4.90 Å². The van der Waals surface area contributed by atoms with Gasteiger partial charge >= 0.3 is 6.18 Å². The van der Waals surface area contributed by atoms with Crippen LogP contribution in [0.25, 0.3) is 0 Å². The summed E-state index contributed by atoms with van der Waals surface area (Å²) >= 11 is 0. The van der Waals surface area contributed by atoms with E-state index in [2.05, 4.69) is 22.2 Å². The van der Waals surface area contributed by atoms with Crippen LogP contribution < -0.4 is 16.0 Å². The number of alkyl halides is 3. The van der Waals surface area contributed by atoms with Gasteiger partial charge in [-0.05, 0) is 30.7 Å². The van der Waals surface area contributed by atoms with Gasteiger partial charge in [0.15, 0.2) is 0 Å². The van der Waals surface area contributed by atoms with Gasteiger partial charge in [0.25, 0.3) is 0 Å². The second-order valence-corrected chi connectivity index (χ2v) is 6.71. The first-order valence-corrected chi connectivity index (χ1v) is 9.13. The molecule has 9 heteroatoms. The maximum absolute atomic E-state index is 13.5. The molecule has 3 heterocycles. The summed E-state index contributed by atoms with van der Waals surface area (Å²) in [4.78, 5) is 22.6. The van der Waals surface area contributed by atoms with Crippen LogP contribution in [0.1, 0.15) is 45.7 Å². The van der Waals surface area contributed by atoms with Crippen LogP contribution in [0, 0.1) is 0 Å². The van der Waals surface area contributed by atoms with E-state index in [-0.39, 0.29) is 21.7 Å². The fourth-order valence-electron chi connectivity index (χ4n) is 3.34. The van der Waals surface area contributed by atoms with Crippen molar-refractivity contribution in [3.05, 3.63) is 47.3 Å². The zero-order valence-electron chi connectivity index (χ0n) is 15.5. The molecule has 0 bridgehead atoms. The van der Waals surface area contributed by atoms with Crippen molar-refractivity contribution in [3.63, 3.8) is 0 Å². The van der Waals surface area contributed by atoms with Crippen LogP contribution in [-0.2, 0) is 6.18 Å². The molecule has 0 amide bonds. The Balaban J connectivity index is 0.00000300. The monoisotopic (exact) mass is 399 g/mol. The maximum Gasteiger partial charge on any atom is 0.418 e. The second-order valence-electron chi connectivity index (χ2n) is 6.71. The summed E-state index contributed by atoms with van der Waals surface area (Å²) in [6.07, 6.45) is -1.39. The van der Waals surface area contributed by atoms with Crippen molar-refractivity contribution in [2.24, 2.45) is 0 Å². The molecule has 6 nitrogen and oxygen atoms in total. The highest BCUT2D eigenvalue weighted by Crippen LogP contribution is 2.34. The molecule has 28 heavy (non-hydrogen) atoms. The number of nitrogens with zero attached hydrogens (tertiary/aromatic N) is 3. The molecule has 0 radical (unpaired) electrons. The number of nitrogens with two attached hydrogens (primary N) is 1. The SMILES string of the molecule is CCCC1CN(c2ccc(C(F)(F)F)c(C(=O)c3cccnc3N)n2)CCN1.[HH].[HH].[HH]. The number of rotatable bonds is 5. The number of hydrogen-bond acceptors (Lipinski definition) is 6. The molecule has 0 aliphatic carbocycles. The van der Waals surface area contributed by atoms with Crippen molar-refractivity contribution in [3.8, 4) is 0 Å². The van der Waals surface area contributed by atoms with E-state index in [0.717, 1.165) is 18.9 Å². The zero-order chi connectivity index (χ0) is 20.3. The van der Waals surface area contributed by atoms with Crippen LogP contribution in [0.4, 0.5) is 24.8 Å². The average Bonchev–Trinajstić information content (AvgIpc) is 2.67. The predicted octanol–water partition coefficient (Wildman–Crippen LogP) is 3.62. The topological polar surface area (TPSA) is 84.1 Å². The fraction of sp³-hybridized carbons (Fsp3) is 0.421. The molecule has 3 rings (SSSR count). The van der Waals surface area contributed by atoms with Crippen LogP contribution in [0.5, 0.6) is 0 Å².